The average molecular weight is 429 g/mol. The molecule has 2 saturated heterocycles. The van der Waals surface area contributed by atoms with Crippen LogP contribution in [-0.2, 0) is 14.2 Å². The molecule has 164 valence electrons. The van der Waals surface area contributed by atoms with Gasteiger partial charge in [0.2, 0.25) is 0 Å². The molecule has 2 aliphatic carbocycles. The summed E-state index contributed by atoms with van der Waals surface area (Å²) in [5.41, 5.74) is 1.17. The second kappa shape index (κ2) is 6.52. The maximum absolute atomic E-state index is 11.9. The molecule has 0 bridgehead atoms. The lowest BCUT2D eigenvalue weighted by molar-refractivity contribution is -0.203. The van der Waals surface area contributed by atoms with E-state index in [4.69, 9.17) is 14.2 Å². The summed E-state index contributed by atoms with van der Waals surface area (Å²) in [5.74, 6) is -0.484. The highest BCUT2D eigenvalue weighted by molar-refractivity contribution is 6.91. The zero-order valence-corrected chi connectivity index (χ0v) is 20.0. The van der Waals surface area contributed by atoms with Crippen molar-refractivity contribution in [3.05, 3.63) is 42.5 Å². The fourth-order valence-corrected chi connectivity index (χ4v) is 12.4. The molecule has 1 spiro atoms. The van der Waals surface area contributed by atoms with E-state index in [1.807, 2.05) is 6.92 Å². The Bertz CT molecular complexity index is 856. The molecule has 1 N–H and O–H groups in total. The average Bonchev–Trinajstić information content (AvgIpc) is 3.23. The summed E-state index contributed by atoms with van der Waals surface area (Å²) < 4.78 is 18.7. The van der Waals surface area contributed by atoms with E-state index >= 15 is 0 Å². The predicted octanol–water partition coefficient (Wildman–Crippen LogP) is 3.71. The number of aliphatic hydroxyl groups excluding tert-OH is 1. The fraction of sp³-hybridized carbons (Fsp3) is 0.680. The molecule has 2 saturated carbocycles. The minimum absolute atomic E-state index is 0.00488. The highest BCUT2D eigenvalue weighted by Gasteiger charge is 2.76. The number of hydrogen-bond acceptors (Lipinski definition) is 4. The van der Waals surface area contributed by atoms with Crippen LogP contribution in [0.15, 0.2) is 42.5 Å². The third kappa shape index (κ3) is 2.42. The van der Waals surface area contributed by atoms with Crippen molar-refractivity contribution in [1.29, 1.82) is 0 Å². The summed E-state index contributed by atoms with van der Waals surface area (Å²) >= 11 is 0. The molecule has 0 aromatic heterocycles. The van der Waals surface area contributed by atoms with Gasteiger partial charge in [0, 0.05) is 24.4 Å². The van der Waals surface area contributed by atoms with Crippen LogP contribution >= 0.6 is 0 Å². The van der Waals surface area contributed by atoms with Gasteiger partial charge < -0.3 is 19.3 Å². The molecule has 0 amide bonds. The highest BCUT2D eigenvalue weighted by Crippen LogP contribution is 2.72. The largest absolute Gasteiger partial charge is 0.392 e. The summed E-state index contributed by atoms with van der Waals surface area (Å²) in [4.78, 5) is 0. The van der Waals surface area contributed by atoms with Crippen molar-refractivity contribution in [2.75, 3.05) is 20.3 Å². The van der Waals surface area contributed by atoms with E-state index in [1.165, 1.54) is 5.19 Å². The summed E-state index contributed by atoms with van der Waals surface area (Å²) in [6, 6.07) is 11.0. The van der Waals surface area contributed by atoms with Crippen molar-refractivity contribution >= 4 is 13.3 Å². The van der Waals surface area contributed by atoms with Gasteiger partial charge in [0.15, 0.2) is 5.79 Å². The first-order chi connectivity index (χ1) is 14.1. The maximum atomic E-state index is 11.9. The third-order valence-corrected chi connectivity index (χ3v) is 13.9. The molecule has 4 nitrogen and oxygen atoms in total. The molecule has 0 radical (unpaired) electrons. The molecule has 4 fully saturated rings. The Labute approximate surface area is 181 Å². The lowest BCUT2D eigenvalue weighted by atomic mass is 9.45. The van der Waals surface area contributed by atoms with Crippen LogP contribution in [0, 0.1) is 22.7 Å². The summed E-state index contributed by atoms with van der Waals surface area (Å²) in [6.07, 6.45) is 1.30. The maximum Gasteiger partial charge on any atom is 0.172 e. The zero-order valence-electron chi connectivity index (χ0n) is 19.0. The number of hydrogen-bond donors (Lipinski definition) is 1. The van der Waals surface area contributed by atoms with Gasteiger partial charge in [-0.25, -0.2) is 0 Å². The number of ether oxygens (including phenoxy) is 3. The summed E-state index contributed by atoms with van der Waals surface area (Å²) in [6.45, 7) is 15.1. The first-order valence-corrected chi connectivity index (χ1v) is 14.4. The Morgan fingerprint density at radius 3 is 2.53 bits per heavy atom. The summed E-state index contributed by atoms with van der Waals surface area (Å²) in [7, 11) is -0.155. The quantitative estimate of drug-likeness (QED) is 0.589. The van der Waals surface area contributed by atoms with Crippen molar-refractivity contribution in [2.45, 2.75) is 63.3 Å². The molecular weight excluding hydrogens is 392 g/mol. The second-order valence-electron chi connectivity index (χ2n) is 11.1. The first-order valence-electron chi connectivity index (χ1n) is 11.3. The molecule has 2 heterocycles. The van der Waals surface area contributed by atoms with Gasteiger partial charge in [0.25, 0.3) is 0 Å². The minimum atomic E-state index is -1.87. The molecule has 1 aromatic carbocycles. The Morgan fingerprint density at radius 1 is 1.17 bits per heavy atom. The second-order valence-corrected chi connectivity index (χ2v) is 15.9. The Morgan fingerprint density at radius 2 is 1.87 bits per heavy atom. The van der Waals surface area contributed by atoms with Crippen molar-refractivity contribution in [3.8, 4) is 0 Å². The van der Waals surface area contributed by atoms with Gasteiger partial charge in [-0.3, -0.25) is 0 Å². The van der Waals surface area contributed by atoms with Gasteiger partial charge >= 0.3 is 0 Å². The molecule has 4 aliphatic rings. The molecule has 5 rings (SSSR count). The molecule has 0 unspecified atom stereocenters. The Hall–Kier alpha value is -0.983. The van der Waals surface area contributed by atoms with E-state index in [0.29, 0.717) is 12.1 Å². The van der Waals surface area contributed by atoms with Crippen LogP contribution in [0.3, 0.4) is 0 Å². The van der Waals surface area contributed by atoms with Gasteiger partial charge in [-0.05, 0) is 30.7 Å². The standard InChI is InChI=1S/C25H36O4Si/c1-16-12-18-22-23(2,14-28-18)20(30(5,6)17-10-8-7-9-11-17)13-19(26)25(22)15-29-24(3,27-4)21(16)25/h7-11,18-22,26H,1,12-15H2,2-6H3/t18-,19+,20+,21+,22-,23+,24+,25+/m0/s1. The minimum Gasteiger partial charge on any atom is -0.392 e. The van der Waals surface area contributed by atoms with E-state index < -0.39 is 20.0 Å². The molecule has 1 aromatic rings. The number of aliphatic hydroxyl groups is 1. The van der Waals surface area contributed by atoms with E-state index in [0.717, 1.165) is 25.0 Å². The van der Waals surface area contributed by atoms with Crippen LogP contribution in [0.25, 0.3) is 0 Å². The highest BCUT2D eigenvalue weighted by atomic mass is 28.3. The van der Waals surface area contributed by atoms with Crippen molar-refractivity contribution in [2.24, 2.45) is 22.7 Å². The van der Waals surface area contributed by atoms with E-state index in [1.54, 1.807) is 7.11 Å². The van der Waals surface area contributed by atoms with Gasteiger partial charge in [-0.1, -0.05) is 67.7 Å². The van der Waals surface area contributed by atoms with Crippen LogP contribution in [0.2, 0.25) is 18.6 Å². The predicted molar refractivity (Wildman–Crippen MR) is 120 cm³/mol. The van der Waals surface area contributed by atoms with Crippen LogP contribution in [0.4, 0.5) is 0 Å². The molecule has 8 atom stereocenters. The third-order valence-electron chi connectivity index (χ3n) is 9.48. The van der Waals surface area contributed by atoms with Crippen molar-refractivity contribution in [1.82, 2.24) is 0 Å². The van der Waals surface area contributed by atoms with Crippen molar-refractivity contribution in [3.63, 3.8) is 0 Å². The van der Waals surface area contributed by atoms with Gasteiger partial charge in [-0.2, -0.15) is 0 Å². The van der Waals surface area contributed by atoms with Crippen molar-refractivity contribution < 1.29 is 19.3 Å². The lowest BCUT2D eigenvalue weighted by Gasteiger charge is -2.62. The van der Waals surface area contributed by atoms with Crippen LogP contribution in [0.1, 0.15) is 26.7 Å². The molecular formula is C25H36O4Si. The van der Waals surface area contributed by atoms with E-state index in [-0.39, 0.29) is 28.8 Å². The van der Waals surface area contributed by atoms with Crippen LogP contribution < -0.4 is 5.19 Å². The van der Waals surface area contributed by atoms with Gasteiger partial charge in [-0.15, -0.1) is 0 Å². The van der Waals surface area contributed by atoms with Gasteiger partial charge in [0.05, 0.1) is 33.5 Å². The monoisotopic (exact) mass is 428 g/mol. The normalized spacial score (nSPS) is 47.8. The van der Waals surface area contributed by atoms with E-state index in [9.17, 15) is 5.11 Å². The van der Waals surface area contributed by atoms with E-state index in [2.05, 4.69) is 56.9 Å². The zero-order chi connectivity index (χ0) is 21.5. The Kier molecular flexibility index (Phi) is 4.54. The van der Waals surface area contributed by atoms with Gasteiger partial charge in [0.1, 0.15) is 0 Å². The molecule has 30 heavy (non-hydrogen) atoms. The smallest absolute Gasteiger partial charge is 0.172 e. The number of rotatable bonds is 3. The Balaban J connectivity index is 1.64. The first kappa shape index (κ1) is 20.9. The summed E-state index contributed by atoms with van der Waals surface area (Å²) in [5, 5.41) is 13.3. The fourth-order valence-electron chi connectivity index (χ4n) is 8.24. The molecule has 5 heteroatoms. The SMILES string of the molecule is C=C1C[C@@H]2OC[C@]3(C)[C@H]([Si](C)(C)c4ccccc4)C[C@@H](O)[C@@]4(CO[C@@](C)(OC)[C@@H]14)[C@@H]23. The number of benzene rings is 1. The lowest BCUT2D eigenvalue weighted by Crippen LogP contribution is -2.67. The van der Waals surface area contributed by atoms with Crippen LogP contribution in [-0.4, -0.2) is 51.5 Å². The van der Waals surface area contributed by atoms with Crippen LogP contribution in [0.5, 0.6) is 0 Å². The topological polar surface area (TPSA) is 47.9 Å². The molecule has 2 aliphatic heterocycles. The number of methoxy groups -OCH3 is 1.